The number of aromatic carboxylic acids is 1. The summed E-state index contributed by atoms with van der Waals surface area (Å²) in [6.45, 7) is 12.0. The zero-order valence-electron chi connectivity index (χ0n) is 52.1. The van der Waals surface area contributed by atoms with Crippen LogP contribution in [0.3, 0.4) is 0 Å². The number of carbonyl (C=O) groups excluding carboxylic acids is 9. The van der Waals surface area contributed by atoms with E-state index >= 15 is 0 Å². The number of aromatic nitrogens is 10. The Morgan fingerprint density at radius 2 is 0.652 bits per heavy atom. The minimum absolute atomic E-state index is 0. The van der Waals surface area contributed by atoms with Crippen LogP contribution in [0.2, 0.25) is 0 Å². The lowest BCUT2D eigenvalue weighted by atomic mass is 10.1. The van der Waals surface area contributed by atoms with Gasteiger partial charge in [-0.1, -0.05) is 29.7 Å². The van der Waals surface area contributed by atoms with Gasteiger partial charge in [0.1, 0.15) is 16.9 Å². The normalized spacial score (nSPS) is 10.9. The molecule has 8 heterocycles. The number of imidazole rings is 2. The van der Waals surface area contributed by atoms with Crippen molar-refractivity contribution in [3.05, 3.63) is 165 Å². The van der Waals surface area contributed by atoms with Gasteiger partial charge in [0.15, 0.2) is 40.6 Å². The van der Waals surface area contributed by atoms with Crippen molar-refractivity contribution < 1.29 is 62.5 Å². The fourth-order valence-electron chi connectivity index (χ4n) is 10.0. The standard InChI is InChI=1S/C32H38N6O6.C31H36N6O7.4CH4/c1-19(39)24-9-20(15-35(24)5)11-27(40)25-10-21(16-36(25)6)12-29(42)30-33-23(18-38(30)8)14-28(41)26-13-22(17-37(26)7)34-31(43)44-32(2,3)4;1-31(2,3)44-30(43)33-20-12-23(36(6)16-20)26(39)13-21-17-37(7)28(32-21)27(40)11-18-8-22(34(4)14-18)25(38)10-19-9-24(29(41)42)35(5)15-19;;;;/h9-10,13,15-18H,11-12,14H2,1-8H3,(H,34,43);8-9,12,14-17H,10-11,13H2,1-7H3,(H,33,43)(H,41,42);4*1H4. The molecule has 0 atom stereocenters. The van der Waals surface area contributed by atoms with Crippen LogP contribution in [0.25, 0.3) is 0 Å². The van der Waals surface area contributed by atoms with Gasteiger partial charge in [0.25, 0.3) is 0 Å². The predicted molar refractivity (Wildman–Crippen MR) is 351 cm³/mol. The summed E-state index contributed by atoms with van der Waals surface area (Å²) in [7, 11) is 13.6. The van der Waals surface area contributed by atoms with Crippen molar-refractivity contribution >= 4 is 70.0 Å². The molecule has 3 N–H and O–H groups in total. The molecule has 8 rings (SSSR count). The van der Waals surface area contributed by atoms with Crippen LogP contribution >= 0.6 is 0 Å². The molecule has 0 bridgehead atoms. The summed E-state index contributed by atoms with van der Waals surface area (Å²) in [6.07, 6.45) is 12.1. The number of ether oxygens (including phenoxy) is 2. The third-order valence-corrected chi connectivity index (χ3v) is 13.8. The highest BCUT2D eigenvalue weighted by Crippen LogP contribution is 2.23. The average Bonchev–Trinajstić information content (AvgIpc) is 1.69. The number of Topliss-reactive ketones (excluding diaryl/α,β-unsaturated/α-hetero) is 7. The monoisotopic (exact) mass is 1270 g/mol. The Balaban J connectivity index is 0.000000460. The van der Waals surface area contributed by atoms with Crippen LogP contribution in [0.1, 0.15) is 196 Å². The fourth-order valence-corrected chi connectivity index (χ4v) is 10.0. The van der Waals surface area contributed by atoms with Gasteiger partial charge in [-0.2, -0.15) is 0 Å². The van der Waals surface area contributed by atoms with Crippen LogP contribution in [0.4, 0.5) is 21.0 Å². The minimum Gasteiger partial charge on any atom is -0.477 e. The molecular weight excluding hydrogens is 1180 g/mol. The molecule has 0 aliphatic rings. The van der Waals surface area contributed by atoms with Crippen molar-refractivity contribution in [2.45, 2.75) is 128 Å². The van der Waals surface area contributed by atoms with Crippen molar-refractivity contribution in [2.75, 3.05) is 10.6 Å². The molecule has 0 radical (unpaired) electrons. The molecule has 0 fully saturated rings. The highest BCUT2D eigenvalue weighted by Gasteiger charge is 2.26. The molecule has 0 saturated heterocycles. The van der Waals surface area contributed by atoms with E-state index in [4.69, 9.17) is 9.47 Å². The average molecular weight is 1270 g/mol. The number of anilines is 2. The Bertz CT molecular complexity index is 3810. The predicted octanol–water partition coefficient (Wildman–Crippen LogP) is 10.6. The first-order valence-electron chi connectivity index (χ1n) is 27.9. The van der Waals surface area contributed by atoms with Crippen LogP contribution in [0.5, 0.6) is 0 Å². The highest BCUT2D eigenvalue weighted by atomic mass is 16.6. The number of rotatable bonds is 22. The quantitative estimate of drug-likeness (QED) is 0.0532. The molecule has 2 amide bonds. The van der Waals surface area contributed by atoms with Gasteiger partial charge in [0.2, 0.25) is 11.6 Å². The topological polar surface area (TPSA) is 299 Å². The summed E-state index contributed by atoms with van der Waals surface area (Å²) < 4.78 is 23.4. The third kappa shape index (κ3) is 19.4. The van der Waals surface area contributed by atoms with Gasteiger partial charge in [-0.25, -0.2) is 24.4 Å². The van der Waals surface area contributed by atoms with E-state index in [1.807, 2.05) is 0 Å². The number of hydrogen-bond donors (Lipinski definition) is 3. The second kappa shape index (κ2) is 30.5. The van der Waals surface area contributed by atoms with E-state index in [0.29, 0.717) is 67.9 Å². The molecule has 8 aromatic rings. The second-order valence-corrected chi connectivity index (χ2v) is 23.9. The van der Waals surface area contributed by atoms with Gasteiger partial charge < -0.3 is 51.1 Å². The van der Waals surface area contributed by atoms with E-state index in [1.165, 1.54) is 17.6 Å². The second-order valence-electron chi connectivity index (χ2n) is 23.9. The zero-order chi connectivity index (χ0) is 65.0. The Morgan fingerprint density at radius 3 is 0.957 bits per heavy atom. The van der Waals surface area contributed by atoms with Crippen LogP contribution in [-0.4, -0.2) is 121 Å². The van der Waals surface area contributed by atoms with E-state index in [2.05, 4.69) is 20.6 Å². The van der Waals surface area contributed by atoms with Gasteiger partial charge in [-0.3, -0.25) is 44.2 Å². The molecule has 0 aromatic carbocycles. The van der Waals surface area contributed by atoms with Gasteiger partial charge in [0, 0.05) is 139 Å². The summed E-state index contributed by atoms with van der Waals surface area (Å²) >= 11 is 0. The molecule has 8 aromatic heterocycles. The number of hydrogen-bond acceptors (Lipinski definition) is 14. The number of carbonyl (C=O) groups is 10. The van der Waals surface area contributed by atoms with Crippen LogP contribution in [0, 0.1) is 0 Å². The number of nitrogens with zero attached hydrogens (tertiary/aromatic N) is 10. The lowest BCUT2D eigenvalue weighted by molar-refractivity contribution is 0.0624. The summed E-state index contributed by atoms with van der Waals surface area (Å²) in [6, 6.07) is 9.64. The number of carboxylic acids is 1. The lowest BCUT2D eigenvalue weighted by Gasteiger charge is -2.19. The number of amides is 2. The smallest absolute Gasteiger partial charge is 0.412 e. The van der Waals surface area contributed by atoms with Gasteiger partial charge in [0.05, 0.1) is 64.1 Å². The van der Waals surface area contributed by atoms with Gasteiger partial charge in [-0.15, -0.1) is 0 Å². The number of aryl methyl sites for hydroxylation is 8. The van der Waals surface area contributed by atoms with Crippen LogP contribution in [0.15, 0.2) is 86.0 Å². The molecular formula is C67H90N12O13. The van der Waals surface area contributed by atoms with Crippen molar-refractivity contribution in [3.63, 3.8) is 0 Å². The molecule has 496 valence electrons. The SMILES string of the molecule is C.C.C.C.CC(=O)c1cc(CC(=O)c2cc(CC(=O)c3nc(CC(=O)c4cc(NC(=O)OC(C)(C)C)cn4C)cn3C)cn2C)cn1C.Cn1cc(CC(=O)c2cc(CC(=O)c3nc(CC(=O)c4cc(NC(=O)OC(C)(C)C)cn4C)cn3C)cn2C)cc1C(=O)O. The maximum absolute atomic E-state index is 13.2. The van der Waals surface area contributed by atoms with E-state index in [-0.39, 0.29) is 126 Å². The first-order chi connectivity index (χ1) is 41.0. The number of carboxylic acid groups (broad SMARTS) is 1. The molecule has 0 spiro atoms. The molecule has 25 heteroatoms. The van der Waals surface area contributed by atoms with Crippen LogP contribution < -0.4 is 10.6 Å². The van der Waals surface area contributed by atoms with E-state index in [9.17, 15) is 53.1 Å². The first-order valence-corrected chi connectivity index (χ1v) is 27.9. The third-order valence-electron chi connectivity index (χ3n) is 13.8. The summed E-state index contributed by atoms with van der Waals surface area (Å²) in [5, 5.41) is 14.5. The molecule has 0 saturated carbocycles. The van der Waals surface area contributed by atoms with Crippen molar-refractivity contribution in [3.8, 4) is 0 Å². The van der Waals surface area contributed by atoms with Crippen molar-refractivity contribution in [1.82, 2.24) is 46.5 Å². The highest BCUT2D eigenvalue weighted by molar-refractivity contribution is 6.02. The number of ketones is 7. The van der Waals surface area contributed by atoms with Crippen LogP contribution in [-0.2, 0) is 104 Å². The van der Waals surface area contributed by atoms with E-state index in [1.54, 1.807) is 210 Å². The molecule has 25 nitrogen and oxygen atoms in total. The summed E-state index contributed by atoms with van der Waals surface area (Å²) in [4.78, 5) is 135. The molecule has 0 aliphatic heterocycles. The Hall–Kier alpha value is -10.2. The maximum Gasteiger partial charge on any atom is 0.412 e. The van der Waals surface area contributed by atoms with E-state index < -0.39 is 29.4 Å². The van der Waals surface area contributed by atoms with E-state index in [0.717, 1.165) is 5.56 Å². The number of nitrogens with one attached hydrogen (secondary N) is 2. The van der Waals surface area contributed by atoms with Gasteiger partial charge in [-0.05, 0) is 100 Å². The van der Waals surface area contributed by atoms with Crippen molar-refractivity contribution in [2.24, 2.45) is 56.4 Å². The molecule has 0 unspecified atom stereocenters. The Labute approximate surface area is 537 Å². The van der Waals surface area contributed by atoms with Gasteiger partial charge >= 0.3 is 18.2 Å². The fraction of sp³-hybridized carbons (Fsp3) is 0.403. The Kier molecular flexibility index (Phi) is 25.2. The summed E-state index contributed by atoms with van der Waals surface area (Å²) in [5.41, 5.74) is 5.14. The summed E-state index contributed by atoms with van der Waals surface area (Å²) in [5.74, 6) is -2.14. The maximum atomic E-state index is 13.2. The Morgan fingerprint density at radius 1 is 0.380 bits per heavy atom. The zero-order valence-corrected chi connectivity index (χ0v) is 52.1. The first kappa shape index (κ1) is 76.0. The molecule has 92 heavy (non-hydrogen) atoms. The largest absolute Gasteiger partial charge is 0.477 e. The lowest BCUT2D eigenvalue weighted by Crippen LogP contribution is -2.27. The van der Waals surface area contributed by atoms with Crippen molar-refractivity contribution in [1.29, 1.82) is 0 Å². The molecule has 0 aliphatic carbocycles. The minimum atomic E-state index is -1.07.